The summed E-state index contributed by atoms with van der Waals surface area (Å²) in [4.78, 5) is 1.63. The van der Waals surface area contributed by atoms with Crippen LogP contribution in [0.2, 0.25) is 0 Å². The lowest BCUT2D eigenvalue weighted by molar-refractivity contribution is 0.323. The molecule has 0 atom stereocenters. The minimum Gasteiger partial charge on any atom is -0.284 e. The van der Waals surface area contributed by atoms with Gasteiger partial charge in [0.05, 0.1) is 0 Å². The van der Waals surface area contributed by atoms with E-state index in [1.54, 1.807) is 11.8 Å². The highest BCUT2D eigenvalue weighted by Crippen LogP contribution is 2.17. The third-order valence-corrected chi connectivity index (χ3v) is 2.86. The Hall–Kier alpha value is -0.130. The van der Waals surface area contributed by atoms with Crippen molar-refractivity contribution in [3.63, 3.8) is 0 Å². The maximum Gasteiger partial charge on any atom is 0.287 e. The maximum absolute atomic E-state index is 10.8. The first kappa shape index (κ1) is 11.9. The molecule has 0 amide bonds. The van der Waals surface area contributed by atoms with E-state index in [1.165, 1.54) is 0 Å². The van der Waals surface area contributed by atoms with E-state index in [2.05, 4.69) is 0 Å². The molecule has 4 nitrogen and oxygen atoms in total. The van der Waals surface area contributed by atoms with Crippen molar-refractivity contribution in [3.8, 4) is 0 Å². The van der Waals surface area contributed by atoms with E-state index in [9.17, 15) is 8.42 Å². The number of hydrogen-bond acceptors (Lipinski definition) is 3. The van der Waals surface area contributed by atoms with Crippen molar-refractivity contribution in [1.29, 1.82) is 0 Å². The Morgan fingerprint density at radius 2 is 1.67 bits per heavy atom. The van der Waals surface area contributed by atoms with Crippen LogP contribution in [-0.4, -0.2) is 31.0 Å². The molecule has 1 N–H and O–H groups in total. The average Bonchev–Trinajstić information content (AvgIpc) is 1.97. The summed E-state index contributed by atoms with van der Waals surface area (Å²) in [5, 5.41) is 0.104. The van der Waals surface area contributed by atoms with Gasteiger partial charge in [0.15, 0.2) is 5.37 Å². The topological polar surface area (TPSA) is 57.6 Å². The van der Waals surface area contributed by atoms with Gasteiger partial charge < -0.3 is 0 Å². The zero-order valence-corrected chi connectivity index (χ0v) is 8.56. The van der Waals surface area contributed by atoms with E-state index in [0.29, 0.717) is 19.5 Å². The molecule has 12 heavy (non-hydrogen) atoms. The van der Waals surface area contributed by atoms with Gasteiger partial charge in [0.2, 0.25) is 0 Å². The molecule has 0 aromatic heterocycles. The fourth-order valence-electron chi connectivity index (χ4n) is 1.15. The van der Waals surface area contributed by atoms with Crippen LogP contribution in [0.4, 0.5) is 0 Å². The minimum atomic E-state index is -4.00. The second kappa shape index (κ2) is 4.79. The Balaban J connectivity index is 4.54. The normalized spacial score (nSPS) is 12.8. The Morgan fingerprint density at radius 3 is 1.75 bits per heavy atom. The van der Waals surface area contributed by atoms with Gasteiger partial charge in [-0.1, -0.05) is 20.8 Å². The van der Waals surface area contributed by atoms with Gasteiger partial charge in [-0.3, -0.25) is 9.45 Å². The second-order valence-corrected chi connectivity index (χ2v) is 3.82. The molecule has 0 fully saturated rings. The Morgan fingerprint density at radius 1 is 1.25 bits per heavy atom. The lowest BCUT2D eigenvalue weighted by Gasteiger charge is -2.24. The summed E-state index contributed by atoms with van der Waals surface area (Å²) in [6, 6.07) is 0. The summed E-state index contributed by atoms with van der Waals surface area (Å²) in [5.41, 5.74) is 0. The molecule has 0 spiro atoms. The molecular weight excluding hydrogens is 178 g/mol. The van der Waals surface area contributed by atoms with Crippen molar-refractivity contribution in [1.82, 2.24) is 4.90 Å². The van der Waals surface area contributed by atoms with Gasteiger partial charge in [-0.2, -0.15) is 8.42 Å². The number of nitrogens with zero attached hydrogens (tertiary/aromatic N) is 1. The van der Waals surface area contributed by atoms with E-state index in [-0.39, 0.29) is 5.37 Å². The van der Waals surface area contributed by atoms with E-state index < -0.39 is 10.1 Å². The van der Waals surface area contributed by atoms with E-state index in [0.717, 1.165) is 0 Å². The molecule has 0 saturated heterocycles. The summed E-state index contributed by atoms with van der Waals surface area (Å²) in [7, 11) is -4.00. The summed E-state index contributed by atoms with van der Waals surface area (Å²) in [6.07, 6.45) is 0.334. The smallest absolute Gasteiger partial charge is 0.284 e. The zero-order chi connectivity index (χ0) is 9.78. The first-order valence-electron chi connectivity index (χ1n) is 4.05. The van der Waals surface area contributed by atoms with Gasteiger partial charge in [-0.05, 0) is 19.5 Å². The Kier molecular flexibility index (Phi) is 4.74. The molecule has 0 aliphatic rings. The van der Waals surface area contributed by atoms with Gasteiger partial charge >= 0.3 is 0 Å². The molecule has 0 aliphatic heterocycles. The van der Waals surface area contributed by atoms with Crippen molar-refractivity contribution < 1.29 is 13.0 Å². The van der Waals surface area contributed by atoms with Crippen LogP contribution in [0.25, 0.3) is 0 Å². The molecule has 0 rings (SSSR count). The Labute approximate surface area is 74.3 Å². The number of rotatable bonds is 5. The van der Waals surface area contributed by atoms with Crippen LogP contribution >= 0.6 is 0 Å². The highest BCUT2D eigenvalue weighted by molar-refractivity contribution is 7.88. The molecular formula is C7H16NO3S. The molecule has 5 heteroatoms. The standard InChI is InChI=1S/C7H16NO3S/c1-4-7(12(9,10)11)8(5-2)6-3/h4-6H2,1-3H3,(H,9,10,11). The molecule has 0 saturated carbocycles. The van der Waals surface area contributed by atoms with E-state index in [1.807, 2.05) is 13.8 Å². The van der Waals surface area contributed by atoms with Crippen LogP contribution in [0, 0.1) is 5.37 Å². The molecule has 0 bridgehead atoms. The summed E-state index contributed by atoms with van der Waals surface area (Å²) in [5.74, 6) is 0. The average molecular weight is 194 g/mol. The van der Waals surface area contributed by atoms with Crippen molar-refractivity contribution in [2.75, 3.05) is 13.1 Å². The largest absolute Gasteiger partial charge is 0.287 e. The minimum absolute atomic E-state index is 0.104. The van der Waals surface area contributed by atoms with Crippen LogP contribution in [0.5, 0.6) is 0 Å². The van der Waals surface area contributed by atoms with Gasteiger partial charge in [-0.25, -0.2) is 0 Å². The maximum atomic E-state index is 10.8. The van der Waals surface area contributed by atoms with Crippen LogP contribution in [0.1, 0.15) is 27.2 Å². The van der Waals surface area contributed by atoms with Crippen molar-refractivity contribution in [2.24, 2.45) is 0 Å². The van der Waals surface area contributed by atoms with Gasteiger partial charge in [0.25, 0.3) is 10.1 Å². The predicted octanol–water partition coefficient (Wildman–Crippen LogP) is 1.12. The highest BCUT2D eigenvalue weighted by atomic mass is 32.2. The molecule has 0 aromatic rings. The third-order valence-electron chi connectivity index (χ3n) is 1.72. The first-order valence-corrected chi connectivity index (χ1v) is 5.49. The lowest BCUT2D eigenvalue weighted by atomic mass is 10.4. The molecule has 0 unspecified atom stereocenters. The van der Waals surface area contributed by atoms with E-state index >= 15 is 0 Å². The molecule has 0 aliphatic carbocycles. The predicted molar refractivity (Wildman–Crippen MR) is 48.0 cm³/mol. The lowest BCUT2D eigenvalue weighted by Crippen LogP contribution is -2.33. The van der Waals surface area contributed by atoms with Gasteiger partial charge in [0, 0.05) is 0 Å². The van der Waals surface area contributed by atoms with Crippen LogP contribution in [-0.2, 0) is 10.1 Å². The quantitative estimate of drug-likeness (QED) is 0.666. The summed E-state index contributed by atoms with van der Waals surface area (Å²) in [6.45, 7) is 6.61. The summed E-state index contributed by atoms with van der Waals surface area (Å²) >= 11 is 0. The van der Waals surface area contributed by atoms with Crippen molar-refractivity contribution >= 4 is 10.1 Å². The highest BCUT2D eigenvalue weighted by Gasteiger charge is 2.27. The van der Waals surface area contributed by atoms with E-state index in [4.69, 9.17) is 4.55 Å². The fraction of sp³-hybridized carbons (Fsp3) is 0.857. The fourth-order valence-corrected chi connectivity index (χ4v) is 2.09. The first-order chi connectivity index (χ1) is 5.47. The van der Waals surface area contributed by atoms with Crippen LogP contribution in [0.15, 0.2) is 0 Å². The second-order valence-electron chi connectivity index (χ2n) is 2.39. The van der Waals surface area contributed by atoms with Crippen LogP contribution in [0.3, 0.4) is 0 Å². The molecule has 73 valence electrons. The summed E-state index contributed by atoms with van der Waals surface area (Å²) < 4.78 is 30.4. The zero-order valence-electron chi connectivity index (χ0n) is 7.74. The van der Waals surface area contributed by atoms with Crippen LogP contribution < -0.4 is 0 Å². The SMILES string of the molecule is CC[C](N(CC)CC)S(=O)(=O)O. The molecule has 0 heterocycles. The monoisotopic (exact) mass is 194 g/mol. The molecule has 1 radical (unpaired) electrons. The third kappa shape index (κ3) is 3.08. The Bertz CT molecular complexity index is 209. The van der Waals surface area contributed by atoms with Gasteiger partial charge in [0.1, 0.15) is 0 Å². The number of hydrogen-bond donors (Lipinski definition) is 1. The van der Waals surface area contributed by atoms with Crippen molar-refractivity contribution in [2.45, 2.75) is 27.2 Å². The molecule has 0 aromatic carbocycles. The van der Waals surface area contributed by atoms with Gasteiger partial charge in [-0.15, -0.1) is 0 Å². The van der Waals surface area contributed by atoms with Crippen molar-refractivity contribution in [3.05, 3.63) is 5.37 Å².